The molecule has 0 aromatic heterocycles. The van der Waals surface area contributed by atoms with Crippen molar-refractivity contribution in [1.82, 2.24) is 0 Å². The summed E-state index contributed by atoms with van der Waals surface area (Å²) in [6, 6.07) is 0. The first kappa shape index (κ1) is 12.7. The molecule has 0 saturated heterocycles. The molecule has 0 atom stereocenters. The van der Waals surface area contributed by atoms with Gasteiger partial charge in [-0.25, -0.2) is 0 Å². The van der Waals surface area contributed by atoms with Crippen molar-refractivity contribution in [3.63, 3.8) is 0 Å². The molecule has 74 valence electrons. The Morgan fingerprint density at radius 3 is 2.50 bits per heavy atom. The molecular formula is C9H20OS2. The highest BCUT2D eigenvalue weighted by molar-refractivity contribution is 7.98. The Balaban J connectivity index is 2.73. The maximum Gasteiger partial charge on any atom is 0.0554 e. The molecule has 0 spiro atoms. The summed E-state index contributed by atoms with van der Waals surface area (Å²) >= 11 is 6.00. The van der Waals surface area contributed by atoms with Gasteiger partial charge in [0, 0.05) is 12.4 Å². The van der Waals surface area contributed by atoms with Crippen LogP contribution in [-0.4, -0.2) is 31.0 Å². The van der Waals surface area contributed by atoms with Crippen molar-refractivity contribution in [2.75, 3.05) is 31.0 Å². The Kier molecular flexibility index (Phi) is 12.3. The molecule has 0 aromatic rings. The predicted molar refractivity (Wildman–Crippen MR) is 61.5 cm³/mol. The van der Waals surface area contributed by atoms with E-state index >= 15 is 0 Å². The quantitative estimate of drug-likeness (QED) is 0.461. The van der Waals surface area contributed by atoms with Gasteiger partial charge in [-0.2, -0.15) is 24.4 Å². The summed E-state index contributed by atoms with van der Waals surface area (Å²) < 4.78 is 5.31. The molecule has 0 aliphatic heterocycles. The maximum atomic E-state index is 5.31. The summed E-state index contributed by atoms with van der Waals surface area (Å²) in [6.07, 6.45) is 7.39. The first-order chi connectivity index (χ1) is 5.91. The van der Waals surface area contributed by atoms with Gasteiger partial charge in [0.05, 0.1) is 6.61 Å². The first-order valence-corrected chi connectivity index (χ1v) is 6.62. The molecule has 3 heteroatoms. The highest BCUT2D eigenvalue weighted by atomic mass is 32.2. The zero-order valence-electron chi connectivity index (χ0n) is 7.92. The zero-order valence-corrected chi connectivity index (χ0v) is 9.63. The van der Waals surface area contributed by atoms with E-state index in [-0.39, 0.29) is 0 Å². The van der Waals surface area contributed by atoms with E-state index in [9.17, 15) is 0 Å². The van der Waals surface area contributed by atoms with Crippen molar-refractivity contribution < 1.29 is 4.74 Å². The van der Waals surface area contributed by atoms with Crippen LogP contribution in [0.5, 0.6) is 0 Å². The molecule has 0 heterocycles. The van der Waals surface area contributed by atoms with Crippen LogP contribution in [0.2, 0.25) is 0 Å². The smallest absolute Gasteiger partial charge is 0.0554 e. The minimum atomic E-state index is 0.800. The lowest BCUT2D eigenvalue weighted by molar-refractivity contribution is 0.145. The van der Waals surface area contributed by atoms with Crippen LogP contribution in [0, 0.1) is 0 Å². The Morgan fingerprint density at radius 2 is 1.83 bits per heavy atom. The van der Waals surface area contributed by atoms with E-state index in [1.807, 2.05) is 11.8 Å². The van der Waals surface area contributed by atoms with Gasteiger partial charge in [0.2, 0.25) is 0 Å². The Hall–Kier alpha value is 0.660. The molecule has 0 rings (SSSR count). The predicted octanol–water partition coefficient (Wildman–Crippen LogP) is 2.86. The SMILES string of the molecule is CSCCCCCCOCCS. The lowest BCUT2D eigenvalue weighted by atomic mass is 10.2. The fourth-order valence-corrected chi connectivity index (χ4v) is 1.59. The average molecular weight is 208 g/mol. The van der Waals surface area contributed by atoms with Gasteiger partial charge in [-0.1, -0.05) is 12.8 Å². The lowest BCUT2D eigenvalue weighted by Crippen LogP contribution is -1.97. The van der Waals surface area contributed by atoms with Crippen LogP contribution in [0.25, 0.3) is 0 Å². The Morgan fingerprint density at radius 1 is 1.08 bits per heavy atom. The minimum Gasteiger partial charge on any atom is -0.381 e. The summed E-state index contributed by atoms with van der Waals surface area (Å²) in [7, 11) is 0. The number of thioether (sulfide) groups is 1. The summed E-state index contributed by atoms with van der Waals surface area (Å²) in [5.74, 6) is 2.14. The van der Waals surface area contributed by atoms with E-state index in [2.05, 4.69) is 18.9 Å². The molecule has 0 aliphatic rings. The van der Waals surface area contributed by atoms with Gasteiger partial charge >= 0.3 is 0 Å². The molecule has 0 aliphatic carbocycles. The average Bonchev–Trinajstić information content (AvgIpc) is 2.10. The number of unbranched alkanes of at least 4 members (excludes halogenated alkanes) is 3. The molecular weight excluding hydrogens is 188 g/mol. The summed E-state index contributed by atoms with van der Waals surface area (Å²) in [5, 5.41) is 0. The third kappa shape index (κ3) is 10.7. The molecule has 0 N–H and O–H groups in total. The van der Waals surface area contributed by atoms with Crippen molar-refractivity contribution in [3.8, 4) is 0 Å². The number of rotatable bonds is 9. The van der Waals surface area contributed by atoms with Crippen LogP contribution in [-0.2, 0) is 4.74 Å². The standard InChI is InChI=1S/C9H20OS2/c1-12-9-5-3-2-4-6-10-7-8-11/h11H,2-9H2,1H3. The van der Waals surface area contributed by atoms with Crippen molar-refractivity contribution in [2.45, 2.75) is 25.7 Å². The number of thiol groups is 1. The summed E-state index contributed by atoms with van der Waals surface area (Å²) in [6.45, 7) is 1.72. The minimum absolute atomic E-state index is 0.800. The fraction of sp³-hybridized carbons (Fsp3) is 1.00. The van der Waals surface area contributed by atoms with E-state index < -0.39 is 0 Å². The zero-order chi connectivity index (χ0) is 9.07. The van der Waals surface area contributed by atoms with Gasteiger partial charge in [-0.15, -0.1) is 0 Å². The molecule has 0 unspecified atom stereocenters. The van der Waals surface area contributed by atoms with Crippen LogP contribution in [0.4, 0.5) is 0 Å². The van der Waals surface area contributed by atoms with Gasteiger partial charge in [0.1, 0.15) is 0 Å². The Bertz CT molecular complexity index is 68.9. The molecule has 0 amide bonds. The monoisotopic (exact) mass is 208 g/mol. The first-order valence-electron chi connectivity index (χ1n) is 4.59. The molecule has 0 saturated carbocycles. The van der Waals surface area contributed by atoms with Gasteiger partial charge in [-0.05, 0) is 24.9 Å². The molecule has 0 bridgehead atoms. The van der Waals surface area contributed by atoms with E-state index in [1.54, 1.807) is 0 Å². The van der Waals surface area contributed by atoms with E-state index in [0.29, 0.717) is 0 Å². The molecule has 12 heavy (non-hydrogen) atoms. The third-order valence-corrected chi connectivity index (χ3v) is 2.50. The number of hydrogen-bond acceptors (Lipinski definition) is 3. The fourth-order valence-electron chi connectivity index (χ4n) is 0.971. The normalized spacial score (nSPS) is 10.5. The van der Waals surface area contributed by atoms with Crippen LogP contribution >= 0.6 is 24.4 Å². The lowest BCUT2D eigenvalue weighted by Gasteiger charge is -2.01. The number of hydrogen-bond donors (Lipinski definition) is 1. The van der Waals surface area contributed by atoms with Crippen LogP contribution in [0.15, 0.2) is 0 Å². The highest BCUT2D eigenvalue weighted by Crippen LogP contribution is 2.04. The molecule has 0 fully saturated rings. The molecule has 0 radical (unpaired) electrons. The van der Waals surface area contributed by atoms with Crippen LogP contribution < -0.4 is 0 Å². The van der Waals surface area contributed by atoms with E-state index in [1.165, 1.54) is 31.4 Å². The van der Waals surface area contributed by atoms with Crippen molar-refractivity contribution in [1.29, 1.82) is 0 Å². The van der Waals surface area contributed by atoms with Crippen molar-refractivity contribution in [3.05, 3.63) is 0 Å². The Labute approximate surface area is 86.1 Å². The topological polar surface area (TPSA) is 9.23 Å². The van der Waals surface area contributed by atoms with Gasteiger partial charge < -0.3 is 4.74 Å². The largest absolute Gasteiger partial charge is 0.381 e. The van der Waals surface area contributed by atoms with Gasteiger partial charge in [0.25, 0.3) is 0 Å². The van der Waals surface area contributed by atoms with Crippen LogP contribution in [0.3, 0.4) is 0 Å². The van der Waals surface area contributed by atoms with E-state index in [0.717, 1.165) is 19.0 Å². The van der Waals surface area contributed by atoms with Crippen molar-refractivity contribution in [2.24, 2.45) is 0 Å². The maximum absolute atomic E-state index is 5.31. The van der Waals surface area contributed by atoms with Gasteiger partial charge in [-0.3, -0.25) is 0 Å². The summed E-state index contributed by atoms with van der Waals surface area (Å²) in [5.41, 5.74) is 0. The highest BCUT2D eigenvalue weighted by Gasteiger charge is 1.89. The number of ether oxygens (including phenoxy) is 1. The second-order valence-corrected chi connectivity index (χ2v) is 4.18. The summed E-state index contributed by atoms with van der Waals surface area (Å²) in [4.78, 5) is 0. The molecule has 0 aromatic carbocycles. The second-order valence-electron chi connectivity index (χ2n) is 2.74. The van der Waals surface area contributed by atoms with E-state index in [4.69, 9.17) is 4.74 Å². The third-order valence-electron chi connectivity index (χ3n) is 1.62. The second kappa shape index (κ2) is 11.7. The molecule has 1 nitrogen and oxygen atoms in total. The van der Waals surface area contributed by atoms with Crippen LogP contribution in [0.1, 0.15) is 25.7 Å². The van der Waals surface area contributed by atoms with Crippen molar-refractivity contribution >= 4 is 24.4 Å². The van der Waals surface area contributed by atoms with Gasteiger partial charge in [0.15, 0.2) is 0 Å².